The summed E-state index contributed by atoms with van der Waals surface area (Å²) in [4.78, 5) is 39.9. The summed E-state index contributed by atoms with van der Waals surface area (Å²) in [5, 5.41) is 3.00. The van der Waals surface area contributed by atoms with E-state index >= 15 is 0 Å². The molecule has 2 heterocycles. The number of thioether (sulfide) groups is 1. The molecule has 3 amide bonds. The first kappa shape index (κ1) is 22.9. The van der Waals surface area contributed by atoms with E-state index in [1.54, 1.807) is 6.07 Å². The summed E-state index contributed by atoms with van der Waals surface area (Å²) in [7, 11) is 0. The van der Waals surface area contributed by atoms with E-state index in [0.717, 1.165) is 32.7 Å². The molecule has 1 aliphatic heterocycles. The Bertz CT molecular complexity index is 1240. The Morgan fingerprint density at radius 2 is 1.73 bits per heavy atom. The minimum atomic E-state index is -0.509. The standard InChI is InChI=1S/C25H22N2O4S2/c1-15-7-10-19(11-8-15)32-22-12-9-18(31-22)13-20-24(29)27(25(30)33-20)14-21(28)26-23-16(2)5-4-6-17(23)3/h4-13H,14H2,1-3H3,(H,26,28)/b20-13-. The van der Waals surface area contributed by atoms with Crippen molar-refractivity contribution < 1.29 is 18.8 Å². The molecule has 1 N–H and O–H groups in total. The van der Waals surface area contributed by atoms with Gasteiger partial charge in [0.15, 0.2) is 5.09 Å². The lowest BCUT2D eigenvalue weighted by molar-refractivity contribution is -0.127. The van der Waals surface area contributed by atoms with Gasteiger partial charge >= 0.3 is 0 Å². The van der Waals surface area contributed by atoms with Gasteiger partial charge in [-0.05, 0) is 67.9 Å². The van der Waals surface area contributed by atoms with Crippen LogP contribution in [0, 0.1) is 20.8 Å². The zero-order valence-corrected chi connectivity index (χ0v) is 20.0. The third-order valence-electron chi connectivity index (χ3n) is 5.04. The van der Waals surface area contributed by atoms with E-state index in [-0.39, 0.29) is 11.4 Å². The second-order valence-corrected chi connectivity index (χ2v) is 9.73. The van der Waals surface area contributed by atoms with Crippen LogP contribution in [-0.2, 0) is 9.59 Å². The van der Waals surface area contributed by atoms with E-state index in [0.29, 0.717) is 16.5 Å². The van der Waals surface area contributed by atoms with Gasteiger partial charge in [-0.1, -0.05) is 47.7 Å². The average molecular weight is 479 g/mol. The van der Waals surface area contributed by atoms with Crippen molar-refractivity contribution in [2.24, 2.45) is 0 Å². The number of nitrogens with zero attached hydrogens (tertiary/aromatic N) is 1. The minimum absolute atomic E-state index is 0.223. The van der Waals surface area contributed by atoms with Crippen LogP contribution in [0.5, 0.6) is 0 Å². The number of carbonyl (C=O) groups excluding carboxylic acids is 3. The second-order valence-electron chi connectivity index (χ2n) is 7.65. The molecule has 3 aromatic rings. The molecule has 0 aliphatic carbocycles. The molecule has 0 atom stereocenters. The van der Waals surface area contributed by atoms with Crippen molar-refractivity contribution >= 4 is 52.3 Å². The maximum absolute atomic E-state index is 12.8. The predicted octanol–water partition coefficient (Wildman–Crippen LogP) is 6.03. The normalized spacial score (nSPS) is 14.9. The monoisotopic (exact) mass is 478 g/mol. The largest absolute Gasteiger partial charge is 0.450 e. The van der Waals surface area contributed by atoms with Gasteiger partial charge in [0.2, 0.25) is 5.91 Å². The molecule has 6 nitrogen and oxygen atoms in total. The van der Waals surface area contributed by atoms with Gasteiger partial charge < -0.3 is 9.73 Å². The summed E-state index contributed by atoms with van der Waals surface area (Å²) in [6.45, 7) is 5.46. The molecule has 0 saturated carbocycles. The third kappa shape index (κ3) is 5.40. The number of furan rings is 1. The maximum Gasteiger partial charge on any atom is 0.294 e. The molecule has 33 heavy (non-hydrogen) atoms. The summed E-state index contributed by atoms with van der Waals surface area (Å²) in [6.07, 6.45) is 1.54. The Balaban J connectivity index is 1.42. The third-order valence-corrected chi connectivity index (χ3v) is 6.87. The predicted molar refractivity (Wildman–Crippen MR) is 131 cm³/mol. The summed E-state index contributed by atoms with van der Waals surface area (Å²) < 4.78 is 5.80. The van der Waals surface area contributed by atoms with Crippen LogP contribution in [0.3, 0.4) is 0 Å². The number of imide groups is 1. The highest BCUT2D eigenvalue weighted by atomic mass is 32.2. The number of benzene rings is 2. The van der Waals surface area contributed by atoms with Gasteiger partial charge in [0.25, 0.3) is 11.1 Å². The molecule has 0 spiro atoms. The van der Waals surface area contributed by atoms with Crippen molar-refractivity contribution in [3.05, 3.63) is 82.0 Å². The van der Waals surface area contributed by atoms with Crippen LogP contribution in [-0.4, -0.2) is 28.5 Å². The lowest BCUT2D eigenvalue weighted by Gasteiger charge is -2.15. The number of nitrogens with one attached hydrogen (secondary N) is 1. The smallest absolute Gasteiger partial charge is 0.294 e. The average Bonchev–Trinajstić information content (AvgIpc) is 3.32. The fourth-order valence-electron chi connectivity index (χ4n) is 3.29. The fourth-order valence-corrected chi connectivity index (χ4v) is 4.89. The van der Waals surface area contributed by atoms with Gasteiger partial charge in [0, 0.05) is 16.7 Å². The lowest BCUT2D eigenvalue weighted by atomic mass is 10.1. The van der Waals surface area contributed by atoms with Gasteiger partial charge in [-0.2, -0.15) is 0 Å². The molecule has 1 saturated heterocycles. The molecular formula is C25H22N2O4S2. The molecular weight excluding hydrogens is 456 g/mol. The van der Waals surface area contributed by atoms with E-state index in [4.69, 9.17) is 4.42 Å². The van der Waals surface area contributed by atoms with Gasteiger partial charge in [0.1, 0.15) is 12.3 Å². The number of hydrogen-bond donors (Lipinski definition) is 1. The molecule has 4 rings (SSSR count). The molecule has 0 unspecified atom stereocenters. The van der Waals surface area contributed by atoms with Crippen molar-refractivity contribution in [1.29, 1.82) is 0 Å². The van der Waals surface area contributed by atoms with Crippen LogP contribution >= 0.6 is 23.5 Å². The zero-order chi connectivity index (χ0) is 23.5. The number of carbonyl (C=O) groups is 3. The van der Waals surface area contributed by atoms with Gasteiger partial charge in [-0.25, -0.2) is 0 Å². The number of rotatable bonds is 6. The molecule has 8 heteroatoms. The number of para-hydroxylation sites is 1. The van der Waals surface area contributed by atoms with Crippen molar-refractivity contribution in [3.8, 4) is 0 Å². The van der Waals surface area contributed by atoms with Crippen LogP contribution in [0.15, 0.2) is 73.9 Å². The Morgan fingerprint density at radius 3 is 2.42 bits per heavy atom. The molecule has 1 aliphatic rings. The number of anilines is 1. The van der Waals surface area contributed by atoms with Crippen LogP contribution in [0.1, 0.15) is 22.5 Å². The first-order valence-electron chi connectivity index (χ1n) is 10.3. The van der Waals surface area contributed by atoms with Crippen LogP contribution in [0.2, 0.25) is 0 Å². The molecule has 0 bridgehead atoms. The van der Waals surface area contributed by atoms with E-state index < -0.39 is 17.1 Å². The SMILES string of the molecule is Cc1ccc(Sc2ccc(/C=C3\SC(=O)N(CC(=O)Nc4c(C)cccc4C)C3=O)o2)cc1. The van der Waals surface area contributed by atoms with Gasteiger partial charge in [-0.15, -0.1) is 0 Å². The highest BCUT2D eigenvalue weighted by molar-refractivity contribution is 8.18. The number of aryl methyl sites for hydroxylation is 3. The second kappa shape index (κ2) is 9.72. The number of hydrogen-bond acceptors (Lipinski definition) is 6. The quantitative estimate of drug-likeness (QED) is 0.436. The Labute approximate surface area is 200 Å². The van der Waals surface area contributed by atoms with Crippen molar-refractivity contribution in [2.45, 2.75) is 30.8 Å². The molecule has 1 aromatic heterocycles. The van der Waals surface area contributed by atoms with Crippen LogP contribution in [0.25, 0.3) is 6.08 Å². The lowest BCUT2D eigenvalue weighted by Crippen LogP contribution is -2.36. The highest BCUT2D eigenvalue weighted by Crippen LogP contribution is 2.34. The Hall–Kier alpha value is -3.23. The van der Waals surface area contributed by atoms with E-state index in [9.17, 15) is 14.4 Å². The highest BCUT2D eigenvalue weighted by Gasteiger charge is 2.36. The van der Waals surface area contributed by atoms with E-state index in [2.05, 4.69) is 5.32 Å². The van der Waals surface area contributed by atoms with E-state index in [1.807, 2.05) is 69.3 Å². The van der Waals surface area contributed by atoms with E-state index in [1.165, 1.54) is 23.4 Å². The fraction of sp³-hybridized carbons (Fsp3) is 0.160. The molecule has 168 valence electrons. The van der Waals surface area contributed by atoms with Crippen molar-refractivity contribution in [3.63, 3.8) is 0 Å². The Morgan fingerprint density at radius 1 is 1.03 bits per heavy atom. The summed E-state index contributed by atoms with van der Waals surface area (Å²) in [5.41, 5.74) is 3.70. The van der Waals surface area contributed by atoms with Gasteiger partial charge in [-0.3, -0.25) is 19.3 Å². The first-order chi connectivity index (χ1) is 15.8. The summed E-state index contributed by atoms with van der Waals surface area (Å²) in [5.74, 6) is -0.466. The topological polar surface area (TPSA) is 79.6 Å². The van der Waals surface area contributed by atoms with Gasteiger partial charge in [0.05, 0.1) is 4.91 Å². The van der Waals surface area contributed by atoms with Crippen molar-refractivity contribution in [2.75, 3.05) is 11.9 Å². The summed E-state index contributed by atoms with van der Waals surface area (Å²) in [6, 6.07) is 17.3. The minimum Gasteiger partial charge on any atom is -0.450 e. The number of amides is 3. The van der Waals surface area contributed by atoms with Crippen LogP contribution < -0.4 is 5.32 Å². The molecule has 0 radical (unpaired) electrons. The van der Waals surface area contributed by atoms with Crippen molar-refractivity contribution in [1.82, 2.24) is 4.90 Å². The molecule has 1 fully saturated rings. The van der Waals surface area contributed by atoms with Crippen LogP contribution in [0.4, 0.5) is 10.5 Å². The maximum atomic E-state index is 12.8. The first-order valence-corrected chi connectivity index (χ1v) is 11.9. The Kier molecular flexibility index (Phi) is 6.76. The summed E-state index contributed by atoms with van der Waals surface area (Å²) >= 11 is 2.27. The molecule has 2 aromatic carbocycles. The zero-order valence-electron chi connectivity index (χ0n) is 18.4.